The summed E-state index contributed by atoms with van der Waals surface area (Å²) in [6.07, 6.45) is 0. The maximum Gasteiger partial charge on any atom is 0.265 e. The van der Waals surface area contributed by atoms with Gasteiger partial charge in [-0.2, -0.15) is 0 Å². The molecule has 0 aliphatic rings. The van der Waals surface area contributed by atoms with E-state index < -0.39 is 0 Å². The van der Waals surface area contributed by atoms with Crippen molar-refractivity contribution in [2.24, 2.45) is 12.8 Å². The number of carbonyl (C=O) groups excluding carboxylic acids is 1. The van der Waals surface area contributed by atoms with Crippen LogP contribution in [-0.4, -0.2) is 10.5 Å². The Morgan fingerprint density at radius 3 is 2.47 bits per heavy atom. The molecule has 2 aromatic rings. The number of carbonyl (C=O) groups is 1. The Balaban J connectivity index is 0.00000112. The summed E-state index contributed by atoms with van der Waals surface area (Å²) in [5.74, 6) is -0.374. The molecule has 0 atom stereocenters. The highest BCUT2D eigenvalue weighted by atomic mass is 35.5. The average Bonchev–Trinajstić information content (AvgIpc) is 2.41. The van der Waals surface area contributed by atoms with Gasteiger partial charge < -0.3 is 10.3 Å². The van der Waals surface area contributed by atoms with Crippen molar-refractivity contribution in [1.29, 1.82) is 0 Å². The molecular weight excluding hydrogens is 212 g/mol. The van der Waals surface area contributed by atoms with Gasteiger partial charge in [0.2, 0.25) is 0 Å². The van der Waals surface area contributed by atoms with Gasteiger partial charge in [-0.25, -0.2) is 0 Å². The number of para-hydroxylation sites is 1. The quantitative estimate of drug-likeness (QED) is 0.792. The Morgan fingerprint density at radius 1 is 1.33 bits per heavy atom. The lowest BCUT2D eigenvalue weighted by molar-refractivity contribution is 0.0992. The van der Waals surface area contributed by atoms with Crippen LogP contribution in [0.5, 0.6) is 0 Å². The monoisotopic (exact) mass is 224 g/mol. The number of primary amides is 1. The predicted molar refractivity (Wildman–Crippen MR) is 63.4 cm³/mol. The van der Waals surface area contributed by atoms with Gasteiger partial charge in [0, 0.05) is 18.0 Å². The zero-order valence-electron chi connectivity index (χ0n) is 8.65. The summed E-state index contributed by atoms with van der Waals surface area (Å²) < 4.78 is 1.84. The highest BCUT2D eigenvalue weighted by Crippen LogP contribution is 2.23. The lowest BCUT2D eigenvalue weighted by atomic mass is 10.1. The maximum atomic E-state index is 11.2. The van der Waals surface area contributed by atoms with E-state index in [2.05, 4.69) is 0 Å². The summed E-state index contributed by atoms with van der Waals surface area (Å²) >= 11 is 0. The van der Waals surface area contributed by atoms with Crippen LogP contribution < -0.4 is 5.73 Å². The molecule has 15 heavy (non-hydrogen) atoms. The van der Waals surface area contributed by atoms with Crippen LogP contribution in [-0.2, 0) is 7.05 Å². The Morgan fingerprint density at radius 2 is 1.93 bits per heavy atom. The first-order valence-electron chi connectivity index (χ1n) is 4.46. The normalized spacial score (nSPS) is 10.0. The second kappa shape index (κ2) is 3.95. The van der Waals surface area contributed by atoms with Gasteiger partial charge in [-0.05, 0) is 18.6 Å². The number of benzene rings is 1. The Labute approximate surface area is 94.3 Å². The number of amides is 1. The maximum absolute atomic E-state index is 11.2. The lowest BCUT2D eigenvalue weighted by Gasteiger charge is -1.99. The van der Waals surface area contributed by atoms with Crippen LogP contribution in [0.1, 0.15) is 16.1 Å². The third kappa shape index (κ3) is 1.59. The number of hydrogen-bond donors (Lipinski definition) is 1. The predicted octanol–water partition coefficient (Wildman–Crippen LogP) is 2.01. The fraction of sp³-hybridized carbons (Fsp3) is 0.182. The lowest BCUT2D eigenvalue weighted by Crippen LogP contribution is -2.16. The van der Waals surface area contributed by atoms with Gasteiger partial charge in [-0.15, -0.1) is 12.4 Å². The summed E-state index contributed by atoms with van der Waals surface area (Å²) in [5, 5.41) is 1.09. The number of hydrogen-bond acceptors (Lipinski definition) is 1. The molecule has 4 heteroatoms. The van der Waals surface area contributed by atoms with Crippen molar-refractivity contribution in [2.45, 2.75) is 6.92 Å². The Bertz CT molecular complexity index is 478. The molecule has 80 valence electrons. The molecule has 1 heterocycles. The minimum absolute atomic E-state index is 0. The fourth-order valence-corrected chi connectivity index (χ4v) is 1.93. The van der Waals surface area contributed by atoms with Crippen LogP contribution in [0.2, 0.25) is 0 Å². The van der Waals surface area contributed by atoms with Crippen molar-refractivity contribution >= 4 is 29.2 Å². The molecule has 0 saturated heterocycles. The molecule has 1 amide bonds. The van der Waals surface area contributed by atoms with Crippen molar-refractivity contribution in [3.63, 3.8) is 0 Å². The van der Waals surface area contributed by atoms with E-state index in [1.807, 2.05) is 42.8 Å². The molecule has 2 N–H and O–H groups in total. The summed E-state index contributed by atoms with van der Waals surface area (Å²) in [5.41, 5.74) is 7.90. The van der Waals surface area contributed by atoms with Gasteiger partial charge in [0.25, 0.3) is 5.91 Å². The molecule has 0 fully saturated rings. The highest BCUT2D eigenvalue weighted by molar-refractivity contribution is 6.00. The van der Waals surface area contributed by atoms with Crippen molar-refractivity contribution in [3.8, 4) is 0 Å². The molecule has 0 unspecified atom stereocenters. The average molecular weight is 225 g/mol. The molecular formula is C11H13ClN2O. The number of nitrogens with two attached hydrogens (primary N) is 1. The van der Waals surface area contributed by atoms with Gasteiger partial charge in [0.15, 0.2) is 0 Å². The molecule has 1 aromatic carbocycles. The van der Waals surface area contributed by atoms with Crippen LogP contribution in [0, 0.1) is 6.92 Å². The molecule has 0 bridgehead atoms. The van der Waals surface area contributed by atoms with E-state index in [4.69, 9.17) is 5.73 Å². The van der Waals surface area contributed by atoms with Crippen molar-refractivity contribution in [3.05, 3.63) is 35.5 Å². The first-order chi connectivity index (χ1) is 6.63. The van der Waals surface area contributed by atoms with E-state index in [0.717, 1.165) is 16.5 Å². The largest absolute Gasteiger partial charge is 0.364 e. The van der Waals surface area contributed by atoms with Gasteiger partial charge >= 0.3 is 0 Å². The molecule has 3 nitrogen and oxygen atoms in total. The van der Waals surface area contributed by atoms with Gasteiger partial charge in [-0.3, -0.25) is 4.79 Å². The molecule has 0 spiro atoms. The van der Waals surface area contributed by atoms with Crippen molar-refractivity contribution in [1.82, 2.24) is 4.57 Å². The van der Waals surface area contributed by atoms with Crippen molar-refractivity contribution < 1.29 is 4.79 Å². The van der Waals surface area contributed by atoms with E-state index in [0.29, 0.717) is 5.69 Å². The molecule has 0 aliphatic heterocycles. The summed E-state index contributed by atoms with van der Waals surface area (Å²) in [7, 11) is 1.86. The van der Waals surface area contributed by atoms with Crippen LogP contribution in [0.4, 0.5) is 0 Å². The van der Waals surface area contributed by atoms with Gasteiger partial charge in [-0.1, -0.05) is 18.2 Å². The topological polar surface area (TPSA) is 48.0 Å². The van der Waals surface area contributed by atoms with Crippen LogP contribution in [0.3, 0.4) is 0 Å². The first kappa shape index (κ1) is 11.6. The standard InChI is InChI=1S/C11H12N2O.ClH/c1-7-8-5-3-4-6-9(8)13(2)10(7)11(12)14;/h3-6H,1-2H3,(H2,12,14);1H. The molecule has 0 radical (unpaired) electrons. The zero-order valence-corrected chi connectivity index (χ0v) is 9.47. The zero-order chi connectivity index (χ0) is 10.3. The number of aryl methyl sites for hydroxylation is 2. The summed E-state index contributed by atoms with van der Waals surface area (Å²) in [6, 6.07) is 7.89. The fourth-order valence-electron chi connectivity index (χ4n) is 1.93. The third-order valence-electron chi connectivity index (χ3n) is 2.59. The van der Waals surface area contributed by atoms with Crippen molar-refractivity contribution in [2.75, 3.05) is 0 Å². The first-order valence-corrected chi connectivity index (χ1v) is 4.46. The van der Waals surface area contributed by atoms with E-state index in [1.165, 1.54) is 0 Å². The van der Waals surface area contributed by atoms with Crippen LogP contribution in [0.15, 0.2) is 24.3 Å². The second-order valence-corrected chi connectivity index (χ2v) is 3.41. The Kier molecular flexibility index (Phi) is 3.05. The Hall–Kier alpha value is -1.48. The van der Waals surface area contributed by atoms with E-state index in [9.17, 15) is 4.79 Å². The van der Waals surface area contributed by atoms with Crippen LogP contribution in [0.25, 0.3) is 10.9 Å². The number of fused-ring (bicyclic) bond motifs is 1. The molecule has 0 aliphatic carbocycles. The molecule has 1 aromatic heterocycles. The smallest absolute Gasteiger partial charge is 0.265 e. The highest BCUT2D eigenvalue weighted by Gasteiger charge is 2.14. The number of rotatable bonds is 1. The molecule has 0 saturated carbocycles. The van der Waals surface area contributed by atoms with E-state index in [1.54, 1.807) is 0 Å². The van der Waals surface area contributed by atoms with Crippen LogP contribution >= 0.6 is 12.4 Å². The van der Waals surface area contributed by atoms with E-state index >= 15 is 0 Å². The number of halogens is 1. The summed E-state index contributed by atoms with van der Waals surface area (Å²) in [4.78, 5) is 11.2. The minimum atomic E-state index is -0.374. The summed E-state index contributed by atoms with van der Waals surface area (Å²) in [6.45, 7) is 1.92. The van der Waals surface area contributed by atoms with Gasteiger partial charge in [0.1, 0.15) is 5.69 Å². The van der Waals surface area contributed by atoms with Gasteiger partial charge in [0.05, 0.1) is 0 Å². The number of nitrogens with zero attached hydrogens (tertiary/aromatic N) is 1. The third-order valence-corrected chi connectivity index (χ3v) is 2.59. The minimum Gasteiger partial charge on any atom is -0.364 e. The van der Waals surface area contributed by atoms with E-state index in [-0.39, 0.29) is 18.3 Å². The SMILES string of the molecule is Cc1c(C(N)=O)n(C)c2ccccc12.Cl. The number of aromatic nitrogens is 1. The molecule has 2 rings (SSSR count). The second-order valence-electron chi connectivity index (χ2n) is 3.41.